The fourth-order valence-electron chi connectivity index (χ4n) is 3.35. The van der Waals surface area contributed by atoms with Crippen LogP contribution in [0.4, 0.5) is 0 Å². The molecule has 0 spiro atoms. The van der Waals surface area contributed by atoms with Gasteiger partial charge < -0.3 is 0 Å². The average molecular weight is 293 g/mol. The molecule has 5 heteroatoms. The summed E-state index contributed by atoms with van der Waals surface area (Å²) in [6, 6.07) is 6.66. The van der Waals surface area contributed by atoms with Crippen LogP contribution in [-0.4, -0.2) is 25.2 Å². The second-order valence-corrected chi connectivity index (χ2v) is 8.11. The van der Waals surface area contributed by atoms with Gasteiger partial charge in [-0.3, -0.25) is 4.79 Å². The maximum Gasteiger partial charge on any atom is 0.266 e. The molecular formula is C15H19NO3S. The van der Waals surface area contributed by atoms with Crippen molar-refractivity contribution in [3.63, 3.8) is 0 Å². The van der Waals surface area contributed by atoms with Gasteiger partial charge >= 0.3 is 0 Å². The number of aryl methyl sites for hydroxylation is 1. The summed E-state index contributed by atoms with van der Waals surface area (Å²) < 4.78 is 26.3. The number of benzene rings is 1. The number of carbonyl (C=O) groups excluding carboxylic acids is 1. The van der Waals surface area contributed by atoms with E-state index in [0.717, 1.165) is 16.3 Å². The highest BCUT2D eigenvalue weighted by atomic mass is 32.2. The summed E-state index contributed by atoms with van der Waals surface area (Å²) in [6.07, 6.45) is 0.837. The highest BCUT2D eigenvalue weighted by Gasteiger charge is 2.69. The van der Waals surface area contributed by atoms with Gasteiger partial charge in [-0.1, -0.05) is 31.5 Å². The number of amides is 1. The van der Waals surface area contributed by atoms with Crippen molar-refractivity contribution < 1.29 is 13.2 Å². The zero-order valence-electron chi connectivity index (χ0n) is 12.0. The van der Waals surface area contributed by atoms with Gasteiger partial charge in [-0.25, -0.2) is 12.7 Å². The Kier molecular flexibility index (Phi) is 2.77. The summed E-state index contributed by atoms with van der Waals surface area (Å²) in [5.74, 6) is 0.187. The number of carbonyl (C=O) groups is 1. The molecule has 4 nitrogen and oxygen atoms in total. The van der Waals surface area contributed by atoms with Crippen LogP contribution in [0.25, 0.3) is 0 Å². The van der Waals surface area contributed by atoms with Crippen LogP contribution < -0.4 is 0 Å². The maximum absolute atomic E-state index is 12.6. The number of fused-ring (bicyclic) bond motifs is 1. The lowest BCUT2D eigenvalue weighted by Crippen LogP contribution is -2.38. The first-order chi connectivity index (χ1) is 9.30. The van der Waals surface area contributed by atoms with Crippen molar-refractivity contribution in [2.24, 2.45) is 17.3 Å². The molecule has 0 radical (unpaired) electrons. The van der Waals surface area contributed by atoms with E-state index in [1.165, 1.54) is 0 Å². The molecule has 1 saturated carbocycles. The summed E-state index contributed by atoms with van der Waals surface area (Å²) in [4.78, 5) is 12.7. The number of hydrogen-bond donors (Lipinski definition) is 0. The Morgan fingerprint density at radius 3 is 2.35 bits per heavy atom. The van der Waals surface area contributed by atoms with Crippen LogP contribution in [0.5, 0.6) is 0 Å². The van der Waals surface area contributed by atoms with E-state index in [1.54, 1.807) is 24.3 Å². The predicted molar refractivity (Wildman–Crippen MR) is 75.5 cm³/mol. The Balaban J connectivity index is 1.95. The molecule has 20 heavy (non-hydrogen) atoms. The van der Waals surface area contributed by atoms with Gasteiger partial charge in [-0.15, -0.1) is 0 Å². The van der Waals surface area contributed by atoms with Crippen LogP contribution in [0.3, 0.4) is 0 Å². The van der Waals surface area contributed by atoms with Crippen molar-refractivity contribution in [2.45, 2.75) is 32.1 Å². The van der Waals surface area contributed by atoms with Crippen LogP contribution in [0.2, 0.25) is 0 Å². The first-order valence-electron chi connectivity index (χ1n) is 6.94. The Hall–Kier alpha value is -1.36. The molecule has 2 fully saturated rings. The quantitative estimate of drug-likeness (QED) is 0.858. The van der Waals surface area contributed by atoms with Gasteiger partial charge in [0.2, 0.25) is 5.91 Å². The third-order valence-electron chi connectivity index (χ3n) is 4.80. The summed E-state index contributed by atoms with van der Waals surface area (Å²) in [5.41, 5.74) is 0.579. The van der Waals surface area contributed by atoms with Crippen molar-refractivity contribution in [2.75, 3.05) is 6.54 Å². The van der Waals surface area contributed by atoms with Gasteiger partial charge in [-0.2, -0.15) is 0 Å². The lowest BCUT2D eigenvalue weighted by molar-refractivity contribution is -0.130. The number of rotatable bonds is 3. The van der Waals surface area contributed by atoms with Crippen LogP contribution in [0.1, 0.15) is 25.8 Å². The minimum Gasteiger partial charge on any atom is -0.273 e. The van der Waals surface area contributed by atoms with E-state index in [9.17, 15) is 13.2 Å². The van der Waals surface area contributed by atoms with Crippen molar-refractivity contribution in [1.82, 2.24) is 4.31 Å². The van der Waals surface area contributed by atoms with E-state index in [0.29, 0.717) is 6.54 Å². The summed E-state index contributed by atoms with van der Waals surface area (Å²) in [7, 11) is -3.70. The summed E-state index contributed by atoms with van der Waals surface area (Å²) in [6.45, 7) is 6.24. The zero-order chi connectivity index (χ0) is 14.7. The Morgan fingerprint density at radius 1 is 1.25 bits per heavy atom. The second kappa shape index (κ2) is 4.07. The molecule has 1 aromatic rings. The summed E-state index contributed by atoms with van der Waals surface area (Å²) >= 11 is 0. The van der Waals surface area contributed by atoms with E-state index < -0.39 is 15.4 Å². The Morgan fingerprint density at radius 2 is 1.85 bits per heavy atom. The largest absolute Gasteiger partial charge is 0.273 e. The van der Waals surface area contributed by atoms with Crippen molar-refractivity contribution in [3.8, 4) is 0 Å². The van der Waals surface area contributed by atoms with Crippen molar-refractivity contribution in [1.29, 1.82) is 0 Å². The van der Waals surface area contributed by atoms with Crippen molar-refractivity contribution >= 4 is 15.9 Å². The van der Waals surface area contributed by atoms with Gasteiger partial charge in [0.1, 0.15) is 0 Å². The number of piperidine rings is 1. The monoisotopic (exact) mass is 293 g/mol. The molecule has 1 aliphatic carbocycles. The third-order valence-corrected chi connectivity index (χ3v) is 6.57. The standard InChI is InChI=1S/C15H19NO3S/c1-10(2)15-8-12(15)9-16(14(15)17)20(18,19)13-6-4-11(3)5-7-13/h4-7,10,12H,8-9H2,1-3H3. The van der Waals surface area contributed by atoms with E-state index in [4.69, 9.17) is 0 Å². The van der Waals surface area contributed by atoms with Gasteiger partial charge in [0.15, 0.2) is 0 Å². The van der Waals surface area contributed by atoms with Gasteiger partial charge in [0, 0.05) is 6.54 Å². The SMILES string of the molecule is Cc1ccc(S(=O)(=O)N2CC3CC3(C(C)C)C2=O)cc1. The molecule has 2 atom stereocenters. The molecule has 108 valence electrons. The molecule has 2 unspecified atom stereocenters. The fourth-order valence-corrected chi connectivity index (χ4v) is 4.85. The molecule has 0 bridgehead atoms. The number of sulfonamides is 1. The first-order valence-corrected chi connectivity index (χ1v) is 8.38. The smallest absolute Gasteiger partial charge is 0.266 e. The molecule has 1 aliphatic heterocycles. The molecule has 1 aromatic carbocycles. The van der Waals surface area contributed by atoms with Gasteiger partial charge in [0.05, 0.1) is 10.3 Å². The third kappa shape index (κ3) is 1.65. The molecular weight excluding hydrogens is 274 g/mol. The van der Waals surface area contributed by atoms with Crippen LogP contribution >= 0.6 is 0 Å². The Labute approximate surface area is 119 Å². The second-order valence-electron chi connectivity index (χ2n) is 6.25. The average Bonchev–Trinajstić information content (AvgIpc) is 3.04. The molecule has 1 amide bonds. The van der Waals surface area contributed by atoms with Crippen LogP contribution in [0.15, 0.2) is 29.2 Å². The topological polar surface area (TPSA) is 54.5 Å². The van der Waals surface area contributed by atoms with Gasteiger partial charge in [0.25, 0.3) is 10.0 Å². The predicted octanol–water partition coefficient (Wildman–Crippen LogP) is 2.19. The molecule has 2 aliphatic rings. The highest BCUT2D eigenvalue weighted by molar-refractivity contribution is 7.89. The van der Waals surface area contributed by atoms with Crippen LogP contribution in [-0.2, 0) is 14.8 Å². The van der Waals surface area contributed by atoms with E-state index in [1.807, 2.05) is 20.8 Å². The Bertz CT molecular complexity index is 663. The van der Waals surface area contributed by atoms with E-state index >= 15 is 0 Å². The lowest BCUT2D eigenvalue weighted by atomic mass is 9.91. The minimum absolute atomic E-state index is 0.193. The minimum atomic E-state index is -3.70. The van der Waals surface area contributed by atoms with Crippen molar-refractivity contribution in [3.05, 3.63) is 29.8 Å². The molecule has 1 heterocycles. The first kappa shape index (κ1) is 13.6. The molecule has 0 N–H and O–H groups in total. The molecule has 1 saturated heterocycles. The van der Waals surface area contributed by atoms with E-state index in [-0.39, 0.29) is 22.6 Å². The number of hydrogen-bond acceptors (Lipinski definition) is 3. The molecule has 0 aromatic heterocycles. The van der Waals surface area contributed by atoms with E-state index in [2.05, 4.69) is 0 Å². The highest BCUT2D eigenvalue weighted by Crippen LogP contribution is 2.63. The maximum atomic E-state index is 12.6. The normalized spacial score (nSPS) is 28.9. The zero-order valence-corrected chi connectivity index (χ0v) is 12.8. The summed E-state index contributed by atoms with van der Waals surface area (Å²) in [5, 5.41) is 0. The molecule has 3 rings (SSSR count). The number of nitrogens with zero attached hydrogens (tertiary/aromatic N) is 1. The lowest BCUT2D eigenvalue weighted by Gasteiger charge is -2.22. The van der Waals surface area contributed by atoms with Crippen LogP contribution in [0, 0.1) is 24.2 Å². The fraction of sp³-hybridized carbons (Fsp3) is 0.533. The van der Waals surface area contributed by atoms with Gasteiger partial charge in [-0.05, 0) is 37.3 Å².